The number of likely N-dealkylation sites (tertiary alicyclic amines) is 1. The summed E-state index contributed by atoms with van der Waals surface area (Å²) >= 11 is 7.20. The van der Waals surface area contributed by atoms with E-state index in [0.29, 0.717) is 17.6 Å². The van der Waals surface area contributed by atoms with Gasteiger partial charge in [0.05, 0.1) is 28.8 Å². The lowest BCUT2D eigenvalue weighted by atomic mass is 10.1. The topological polar surface area (TPSA) is 55.3 Å². The van der Waals surface area contributed by atoms with Crippen molar-refractivity contribution in [3.8, 4) is 6.01 Å². The molecule has 0 N–H and O–H groups in total. The molecular weight excluding hydrogens is 310 g/mol. The van der Waals surface area contributed by atoms with Crippen LogP contribution in [0.25, 0.3) is 0 Å². The molecule has 21 heavy (non-hydrogen) atoms. The standard InChI is InChI=1S/C14H14ClN3O2S/c15-10-7-16-14(17-8-10)20-11-3-1-5-18(9-11)13(19)12-4-2-6-21-12/h2,4,6-8,11H,1,3,5,9H2/t11-/m0/s1. The summed E-state index contributed by atoms with van der Waals surface area (Å²) in [5, 5.41) is 2.38. The van der Waals surface area contributed by atoms with Crippen LogP contribution in [0.4, 0.5) is 0 Å². The van der Waals surface area contributed by atoms with Crippen LogP contribution < -0.4 is 4.74 Å². The number of nitrogens with zero attached hydrogens (tertiary/aromatic N) is 3. The molecule has 0 bridgehead atoms. The predicted octanol–water partition coefficient (Wildman–Crippen LogP) is 2.88. The monoisotopic (exact) mass is 323 g/mol. The zero-order valence-corrected chi connectivity index (χ0v) is 12.8. The number of thiophene rings is 1. The average Bonchev–Trinajstić information content (AvgIpc) is 3.03. The molecule has 0 aromatic carbocycles. The van der Waals surface area contributed by atoms with E-state index in [-0.39, 0.29) is 12.0 Å². The normalized spacial score (nSPS) is 18.5. The van der Waals surface area contributed by atoms with Crippen molar-refractivity contribution in [2.45, 2.75) is 18.9 Å². The Kier molecular flexibility index (Phi) is 4.36. The fraction of sp³-hybridized carbons (Fsp3) is 0.357. The van der Waals surface area contributed by atoms with Gasteiger partial charge in [0.25, 0.3) is 5.91 Å². The van der Waals surface area contributed by atoms with Crippen molar-refractivity contribution in [1.82, 2.24) is 14.9 Å². The smallest absolute Gasteiger partial charge is 0.316 e. The van der Waals surface area contributed by atoms with E-state index in [2.05, 4.69) is 9.97 Å². The molecule has 0 aliphatic carbocycles. The van der Waals surface area contributed by atoms with Crippen molar-refractivity contribution < 1.29 is 9.53 Å². The Morgan fingerprint density at radius 2 is 2.24 bits per heavy atom. The zero-order valence-electron chi connectivity index (χ0n) is 11.2. The van der Waals surface area contributed by atoms with Crippen LogP contribution in [0.3, 0.4) is 0 Å². The molecule has 0 radical (unpaired) electrons. The maximum absolute atomic E-state index is 12.3. The van der Waals surface area contributed by atoms with E-state index in [1.54, 1.807) is 0 Å². The highest BCUT2D eigenvalue weighted by Crippen LogP contribution is 2.19. The molecule has 3 rings (SSSR count). The van der Waals surface area contributed by atoms with E-state index < -0.39 is 0 Å². The third-order valence-electron chi connectivity index (χ3n) is 3.27. The number of hydrogen-bond acceptors (Lipinski definition) is 5. The fourth-order valence-corrected chi connectivity index (χ4v) is 3.07. The van der Waals surface area contributed by atoms with Crippen molar-refractivity contribution in [3.05, 3.63) is 39.8 Å². The second-order valence-electron chi connectivity index (χ2n) is 4.79. The van der Waals surface area contributed by atoms with E-state index >= 15 is 0 Å². The highest BCUT2D eigenvalue weighted by Gasteiger charge is 2.26. The first-order chi connectivity index (χ1) is 10.2. The first-order valence-corrected chi connectivity index (χ1v) is 7.95. The van der Waals surface area contributed by atoms with E-state index in [1.165, 1.54) is 23.7 Å². The minimum Gasteiger partial charge on any atom is -0.458 e. The molecule has 0 unspecified atom stereocenters. The van der Waals surface area contributed by atoms with Gasteiger partial charge in [0.1, 0.15) is 6.10 Å². The summed E-state index contributed by atoms with van der Waals surface area (Å²) in [4.78, 5) is 23.0. The molecule has 3 heterocycles. The van der Waals surface area contributed by atoms with Gasteiger partial charge in [-0.3, -0.25) is 4.79 Å². The SMILES string of the molecule is O=C(c1cccs1)N1CCC[C@H](Oc2ncc(Cl)cn2)C1. The molecule has 1 aliphatic rings. The number of ether oxygens (including phenoxy) is 1. The number of amides is 1. The molecule has 2 aromatic rings. The summed E-state index contributed by atoms with van der Waals surface area (Å²) in [6.07, 6.45) is 4.72. The van der Waals surface area contributed by atoms with Gasteiger partial charge in [-0.1, -0.05) is 17.7 Å². The first kappa shape index (κ1) is 14.3. The summed E-state index contributed by atoms with van der Waals surface area (Å²) in [6.45, 7) is 1.32. The molecule has 1 amide bonds. The van der Waals surface area contributed by atoms with Crippen LogP contribution in [0.15, 0.2) is 29.9 Å². The average molecular weight is 324 g/mol. The Bertz CT molecular complexity index is 603. The molecule has 0 spiro atoms. The van der Waals surface area contributed by atoms with Crippen LogP contribution in [-0.2, 0) is 0 Å². The summed E-state index contributed by atoms with van der Waals surface area (Å²) < 4.78 is 5.74. The molecule has 7 heteroatoms. The summed E-state index contributed by atoms with van der Waals surface area (Å²) in [7, 11) is 0. The van der Waals surface area contributed by atoms with Crippen LogP contribution in [0.5, 0.6) is 6.01 Å². The largest absolute Gasteiger partial charge is 0.458 e. The van der Waals surface area contributed by atoms with Crippen molar-refractivity contribution in [2.75, 3.05) is 13.1 Å². The molecular formula is C14H14ClN3O2S. The molecule has 1 fully saturated rings. The van der Waals surface area contributed by atoms with Gasteiger partial charge in [0.15, 0.2) is 0 Å². The maximum atomic E-state index is 12.3. The fourth-order valence-electron chi connectivity index (χ4n) is 2.29. The number of hydrogen-bond donors (Lipinski definition) is 0. The zero-order chi connectivity index (χ0) is 14.7. The van der Waals surface area contributed by atoms with E-state index in [0.717, 1.165) is 24.3 Å². The highest BCUT2D eigenvalue weighted by atomic mass is 35.5. The van der Waals surface area contributed by atoms with Crippen LogP contribution in [0, 0.1) is 0 Å². The van der Waals surface area contributed by atoms with Crippen LogP contribution in [0.1, 0.15) is 22.5 Å². The molecule has 110 valence electrons. The van der Waals surface area contributed by atoms with Gasteiger partial charge in [-0.15, -0.1) is 11.3 Å². The van der Waals surface area contributed by atoms with Crippen molar-refractivity contribution in [1.29, 1.82) is 0 Å². The lowest BCUT2D eigenvalue weighted by Gasteiger charge is -2.32. The molecule has 0 saturated carbocycles. The second kappa shape index (κ2) is 6.41. The lowest BCUT2D eigenvalue weighted by molar-refractivity contribution is 0.0520. The summed E-state index contributed by atoms with van der Waals surface area (Å²) in [6, 6.07) is 4.03. The summed E-state index contributed by atoms with van der Waals surface area (Å²) in [5.74, 6) is 0.0651. The van der Waals surface area contributed by atoms with E-state index in [9.17, 15) is 4.79 Å². The van der Waals surface area contributed by atoms with Gasteiger partial charge in [0.2, 0.25) is 0 Å². The third-order valence-corrected chi connectivity index (χ3v) is 4.32. The quantitative estimate of drug-likeness (QED) is 0.871. The highest BCUT2D eigenvalue weighted by molar-refractivity contribution is 7.12. The van der Waals surface area contributed by atoms with Gasteiger partial charge < -0.3 is 9.64 Å². The van der Waals surface area contributed by atoms with Crippen molar-refractivity contribution >= 4 is 28.8 Å². The molecule has 1 saturated heterocycles. The lowest BCUT2D eigenvalue weighted by Crippen LogP contribution is -2.44. The number of piperidine rings is 1. The number of halogens is 1. The Balaban J connectivity index is 1.63. The van der Waals surface area contributed by atoms with Gasteiger partial charge in [-0.05, 0) is 24.3 Å². The van der Waals surface area contributed by atoms with Gasteiger partial charge in [0, 0.05) is 6.54 Å². The number of rotatable bonds is 3. The molecule has 5 nitrogen and oxygen atoms in total. The number of aromatic nitrogens is 2. The Hall–Kier alpha value is -1.66. The third kappa shape index (κ3) is 3.51. The molecule has 2 aromatic heterocycles. The summed E-state index contributed by atoms with van der Waals surface area (Å²) in [5.41, 5.74) is 0. The second-order valence-corrected chi connectivity index (χ2v) is 6.18. The number of carbonyl (C=O) groups excluding carboxylic acids is 1. The van der Waals surface area contributed by atoms with Crippen molar-refractivity contribution in [3.63, 3.8) is 0 Å². The minimum atomic E-state index is -0.0798. The van der Waals surface area contributed by atoms with Crippen LogP contribution in [-0.4, -0.2) is 40.0 Å². The van der Waals surface area contributed by atoms with Gasteiger partial charge in [-0.2, -0.15) is 0 Å². The van der Waals surface area contributed by atoms with E-state index in [4.69, 9.17) is 16.3 Å². The van der Waals surface area contributed by atoms with E-state index in [1.807, 2.05) is 22.4 Å². The van der Waals surface area contributed by atoms with Crippen LogP contribution in [0.2, 0.25) is 5.02 Å². The van der Waals surface area contributed by atoms with Crippen molar-refractivity contribution in [2.24, 2.45) is 0 Å². The minimum absolute atomic E-state index is 0.0651. The Morgan fingerprint density at radius 1 is 1.43 bits per heavy atom. The van der Waals surface area contributed by atoms with Crippen LogP contribution >= 0.6 is 22.9 Å². The molecule has 1 aliphatic heterocycles. The Labute approximate surface area is 131 Å². The maximum Gasteiger partial charge on any atom is 0.316 e. The predicted molar refractivity (Wildman–Crippen MR) is 80.9 cm³/mol. The van der Waals surface area contributed by atoms with Gasteiger partial charge in [-0.25, -0.2) is 9.97 Å². The number of carbonyl (C=O) groups is 1. The Morgan fingerprint density at radius 3 is 2.95 bits per heavy atom. The van der Waals surface area contributed by atoms with Gasteiger partial charge >= 0.3 is 6.01 Å². The molecule has 1 atom stereocenters. The first-order valence-electron chi connectivity index (χ1n) is 6.69.